The van der Waals surface area contributed by atoms with Crippen LogP contribution in [0, 0.1) is 11.6 Å². The van der Waals surface area contributed by atoms with Gasteiger partial charge in [-0.1, -0.05) is 18.2 Å². The molecule has 4 heteroatoms. The van der Waals surface area contributed by atoms with Gasteiger partial charge in [-0.15, -0.1) is 0 Å². The van der Waals surface area contributed by atoms with Crippen LogP contribution in [0.2, 0.25) is 0 Å². The maximum atomic E-state index is 13.2. The molecular weight excluding hydrogens is 272 g/mol. The second kappa shape index (κ2) is 5.45. The van der Waals surface area contributed by atoms with Gasteiger partial charge in [0.15, 0.2) is 11.6 Å². The van der Waals surface area contributed by atoms with Crippen LogP contribution < -0.4 is 10.5 Å². The van der Waals surface area contributed by atoms with E-state index < -0.39 is 11.6 Å². The van der Waals surface area contributed by atoms with E-state index in [2.05, 4.69) is 0 Å². The summed E-state index contributed by atoms with van der Waals surface area (Å²) in [7, 11) is 0. The van der Waals surface area contributed by atoms with Crippen LogP contribution in [0.4, 0.5) is 8.78 Å². The van der Waals surface area contributed by atoms with Gasteiger partial charge < -0.3 is 10.5 Å². The molecule has 1 aliphatic rings. The quantitative estimate of drug-likeness (QED) is 0.938. The van der Waals surface area contributed by atoms with Gasteiger partial charge >= 0.3 is 0 Å². The van der Waals surface area contributed by atoms with Crippen molar-refractivity contribution in [2.24, 2.45) is 5.73 Å². The maximum Gasteiger partial charge on any atom is 0.159 e. The summed E-state index contributed by atoms with van der Waals surface area (Å²) >= 11 is 0. The summed E-state index contributed by atoms with van der Waals surface area (Å²) in [6.07, 6.45) is 1.53. The third-order valence-corrected chi connectivity index (χ3v) is 3.79. The first-order valence-corrected chi connectivity index (χ1v) is 7.02. The molecule has 0 radical (unpaired) electrons. The van der Waals surface area contributed by atoms with Crippen molar-refractivity contribution in [3.05, 3.63) is 64.7 Å². The minimum Gasteiger partial charge on any atom is -0.490 e. The summed E-state index contributed by atoms with van der Waals surface area (Å²) in [5.74, 6) is -0.766. The predicted octanol–water partition coefficient (Wildman–Crippen LogP) is 3.53. The van der Waals surface area contributed by atoms with Crippen LogP contribution in [0.1, 0.15) is 29.7 Å². The molecule has 110 valence electrons. The number of benzene rings is 2. The van der Waals surface area contributed by atoms with E-state index in [1.54, 1.807) is 6.07 Å². The van der Waals surface area contributed by atoms with Crippen molar-refractivity contribution in [1.29, 1.82) is 0 Å². The molecule has 0 aromatic heterocycles. The lowest BCUT2D eigenvalue weighted by Crippen LogP contribution is -2.13. The SMILES string of the molecule is CC1Cc2cc(C(N)Cc3ccc(F)c(F)c3)ccc2O1. The maximum absolute atomic E-state index is 13.2. The molecule has 2 aromatic carbocycles. The number of halogens is 2. The van der Waals surface area contributed by atoms with Crippen molar-refractivity contribution in [2.75, 3.05) is 0 Å². The highest BCUT2D eigenvalue weighted by atomic mass is 19.2. The van der Waals surface area contributed by atoms with E-state index >= 15 is 0 Å². The fraction of sp³-hybridized carbons (Fsp3) is 0.294. The first-order chi connectivity index (χ1) is 10.0. The molecule has 2 atom stereocenters. The summed E-state index contributed by atoms with van der Waals surface area (Å²) < 4.78 is 31.8. The summed E-state index contributed by atoms with van der Waals surface area (Å²) in [5.41, 5.74) is 9.01. The number of hydrogen-bond donors (Lipinski definition) is 1. The Kier molecular flexibility index (Phi) is 3.64. The van der Waals surface area contributed by atoms with Crippen LogP contribution in [-0.4, -0.2) is 6.10 Å². The van der Waals surface area contributed by atoms with Gasteiger partial charge in [0.2, 0.25) is 0 Å². The number of rotatable bonds is 3. The average molecular weight is 289 g/mol. The zero-order chi connectivity index (χ0) is 15.0. The molecule has 0 bridgehead atoms. The van der Waals surface area contributed by atoms with E-state index in [4.69, 9.17) is 10.5 Å². The molecule has 0 spiro atoms. The fourth-order valence-electron chi connectivity index (χ4n) is 2.71. The van der Waals surface area contributed by atoms with Crippen molar-refractivity contribution < 1.29 is 13.5 Å². The van der Waals surface area contributed by atoms with Crippen LogP contribution >= 0.6 is 0 Å². The molecule has 0 aliphatic carbocycles. The standard InChI is InChI=1S/C17H17F2NO/c1-10-6-13-9-12(3-5-17(13)21-10)16(20)8-11-2-4-14(18)15(19)7-11/h2-5,7,9-10,16H,6,8,20H2,1H3. The first kappa shape index (κ1) is 14.0. The molecule has 2 aromatic rings. The Balaban J connectivity index is 1.78. The van der Waals surface area contributed by atoms with Gasteiger partial charge in [-0.05, 0) is 48.2 Å². The van der Waals surface area contributed by atoms with Crippen molar-refractivity contribution in [1.82, 2.24) is 0 Å². The Morgan fingerprint density at radius 1 is 1.19 bits per heavy atom. The molecule has 1 aliphatic heterocycles. The second-order valence-corrected chi connectivity index (χ2v) is 5.56. The number of nitrogens with two attached hydrogens (primary N) is 1. The van der Waals surface area contributed by atoms with E-state index in [1.807, 2.05) is 25.1 Å². The Morgan fingerprint density at radius 3 is 2.76 bits per heavy atom. The summed E-state index contributed by atoms with van der Waals surface area (Å²) in [4.78, 5) is 0. The number of hydrogen-bond acceptors (Lipinski definition) is 2. The summed E-state index contributed by atoms with van der Waals surface area (Å²) in [6, 6.07) is 9.56. The lowest BCUT2D eigenvalue weighted by Gasteiger charge is -2.13. The van der Waals surface area contributed by atoms with Gasteiger partial charge in [0.05, 0.1) is 0 Å². The molecule has 21 heavy (non-hydrogen) atoms. The lowest BCUT2D eigenvalue weighted by atomic mass is 9.97. The van der Waals surface area contributed by atoms with Crippen molar-refractivity contribution >= 4 is 0 Å². The van der Waals surface area contributed by atoms with Gasteiger partial charge in [0.25, 0.3) is 0 Å². The molecule has 2 unspecified atom stereocenters. The van der Waals surface area contributed by atoms with Crippen LogP contribution in [0.25, 0.3) is 0 Å². The molecule has 1 heterocycles. The van der Waals surface area contributed by atoms with Crippen LogP contribution in [0.15, 0.2) is 36.4 Å². The smallest absolute Gasteiger partial charge is 0.159 e. The highest BCUT2D eigenvalue weighted by Crippen LogP contribution is 2.31. The zero-order valence-electron chi connectivity index (χ0n) is 11.8. The average Bonchev–Trinajstić information content (AvgIpc) is 2.82. The van der Waals surface area contributed by atoms with Gasteiger partial charge in [0.1, 0.15) is 11.9 Å². The van der Waals surface area contributed by atoms with Crippen LogP contribution in [0.3, 0.4) is 0 Å². The zero-order valence-corrected chi connectivity index (χ0v) is 11.8. The lowest BCUT2D eigenvalue weighted by molar-refractivity contribution is 0.254. The van der Waals surface area contributed by atoms with Crippen LogP contribution in [-0.2, 0) is 12.8 Å². The minimum absolute atomic E-state index is 0.192. The van der Waals surface area contributed by atoms with Gasteiger partial charge in [-0.25, -0.2) is 8.78 Å². The van der Waals surface area contributed by atoms with Crippen LogP contribution in [0.5, 0.6) is 5.75 Å². The van der Waals surface area contributed by atoms with E-state index in [0.717, 1.165) is 29.4 Å². The van der Waals surface area contributed by atoms with E-state index in [0.29, 0.717) is 12.0 Å². The molecule has 2 nitrogen and oxygen atoms in total. The third kappa shape index (κ3) is 2.90. The molecule has 0 saturated carbocycles. The van der Waals surface area contributed by atoms with Crippen molar-refractivity contribution in [3.8, 4) is 5.75 Å². The van der Waals surface area contributed by atoms with Gasteiger partial charge in [-0.2, -0.15) is 0 Å². The Labute approximate surface area is 122 Å². The topological polar surface area (TPSA) is 35.2 Å². The molecule has 0 saturated heterocycles. The molecule has 0 fully saturated rings. The second-order valence-electron chi connectivity index (χ2n) is 5.56. The normalized spacial score (nSPS) is 18.2. The monoisotopic (exact) mass is 289 g/mol. The van der Waals surface area contributed by atoms with Gasteiger partial charge in [-0.3, -0.25) is 0 Å². The number of fused-ring (bicyclic) bond motifs is 1. The number of ether oxygens (including phenoxy) is 1. The minimum atomic E-state index is -0.837. The highest BCUT2D eigenvalue weighted by molar-refractivity contribution is 5.41. The molecule has 3 rings (SSSR count). The summed E-state index contributed by atoms with van der Waals surface area (Å²) in [6.45, 7) is 2.03. The fourth-order valence-corrected chi connectivity index (χ4v) is 2.71. The highest BCUT2D eigenvalue weighted by Gasteiger charge is 2.20. The van der Waals surface area contributed by atoms with Crippen molar-refractivity contribution in [2.45, 2.75) is 31.9 Å². The largest absolute Gasteiger partial charge is 0.490 e. The van der Waals surface area contributed by atoms with E-state index in [9.17, 15) is 8.78 Å². The Hall–Kier alpha value is -1.94. The third-order valence-electron chi connectivity index (χ3n) is 3.79. The first-order valence-electron chi connectivity index (χ1n) is 7.02. The Morgan fingerprint density at radius 2 is 2.00 bits per heavy atom. The Bertz CT molecular complexity index is 672. The molecule has 2 N–H and O–H groups in total. The van der Waals surface area contributed by atoms with Crippen molar-refractivity contribution in [3.63, 3.8) is 0 Å². The van der Waals surface area contributed by atoms with Gasteiger partial charge in [0, 0.05) is 12.5 Å². The summed E-state index contributed by atoms with van der Waals surface area (Å²) in [5, 5.41) is 0. The molecule has 0 amide bonds. The molecular formula is C17H17F2NO. The van der Waals surface area contributed by atoms with E-state index in [1.165, 1.54) is 6.07 Å². The van der Waals surface area contributed by atoms with E-state index in [-0.39, 0.29) is 12.1 Å². The predicted molar refractivity (Wildman–Crippen MR) is 77.2 cm³/mol.